The van der Waals surface area contributed by atoms with Crippen molar-refractivity contribution in [2.75, 3.05) is 0 Å². The minimum Gasteiger partial charge on any atom is -0.296 e. The van der Waals surface area contributed by atoms with Crippen LogP contribution < -0.4 is 10.6 Å². The summed E-state index contributed by atoms with van der Waals surface area (Å²) >= 11 is 6.14. The molecule has 0 spiro atoms. The molecule has 0 saturated carbocycles. The summed E-state index contributed by atoms with van der Waals surface area (Å²) < 4.78 is 17.0. The van der Waals surface area contributed by atoms with Crippen LogP contribution in [0.4, 0.5) is 0 Å². The third kappa shape index (κ3) is 4.26. The Morgan fingerprint density at radius 3 is 1.80 bits per heavy atom. The van der Waals surface area contributed by atoms with Crippen molar-refractivity contribution in [2.45, 2.75) is 31.7 Å². The quantitative estimate of drug-likeness (QED) is 0.244. The smallest absolute Gasteiger partial charge is 0.208 e. The molecule has 3 atom stereocenters. The maximum atomic E-state index is 14.8. The van der Waals surface area contributed by atoms with E-state index >= 15 is 0 Å². The van der Waals surface area contributed by atoms with E-state index in [-0.39, 0.29) is 12.1 Å². The second kappa shape index (κ2) is 8.32. The van der Waals surface area contributed by atoms with Crippen LogP contribution in [0.5, 0.6) is 0 Å². The van der Waals surface area contributed by atoms with Gasteiger partial charge in [0.25, 0.3) is 0 Å². The Morgan fingerprint density at radius 1 is 0.833 bits per heavy atom. The number of nitrogens with zero attached hydrogens (tertiary/aromatic N) is 1. The SMILES string of the molecule is C[Si](C)(C)/C=C/[C@H]1[C@H](c2ccc(Cl)cc2)N1P(=O)(c1ccccc1)c1ccccc1. The van der Waals surface area contributed by atoms with Gasteiger partial charge in [0.2, 0.25) is 7.29 Å². The predicted octanol–water partition coefficient (Wildman–Crippen LogP) is 6.43. The van der Waals surface area contributed by atoms with Crippen molar-refractivity contribution in [3.63, 3.8) is 0 Å². The van der Waals surface area contributed by atoms with Crippen LogP contribution in [-0.2, 0) is 4.57 Å². The van der Waals surface area contributed by atoms with Gasteiger partial charge in [-0.1, -0.05) is 91.5 Å². The molecule has 4 rings (SSSR count). The summed E-state index contributed by atoms with van der Waals surface area (Å²) in [6.45, 7) is 6.96. The van der Waals surface area contributed by atoms with Crippen LogP contribution in [-0.4, -0.2) is 18.8 Å². The van der Waals surface area contributed by atoms with Gasteiger partial charge in [0.15, 0.2) is 0 Å². The zero-order valence-electron chi connectivity index (χ0n) is 17.6. The van der Waals surface area contributed by atoms with Gasteiger partial charge in [0, 0.05) is 15.6 Å². The van der Waals surface area contributed by atoms with Gasteiger partial charge in [-0.25, -0.2) is 4.67 Å². The molecule has 1 saturated heterocycles. The zero-order valence-corrected chi connectivity index (χ0v) is 20.2. The topological polar surface area (TPSA) is 20.1 Å². The molecule has 0 radical (unpaired) electrons. The number of benzene rings is 3. The highest BCUT2D eigenvalue weighted by atomic mass is 35.5. The first-order valence-electron chi connectivity index (χ1n) is 10.3. The van der Waals surface area contributed by atoms with Crippen molar-refractivity contribution in [2.24, 2.45) is 0 Å². The first kappa shape index (κ1) is 21.3. The van der Waals surface area contributed by atoms with Crippen molar-refractivity contribution in [3.05, 3.63) is 107 Å². The first-order chi connectivity index (χ1) is 14.3. The van der Waals surface area contributed by atoms with Gasteiger partial charge in [-0.3, -0.25) is 4.57 Å². The molecule has 1 heterocycles. The lowest BCUT2D eigenvalue weighted by molar-refractivity contribution is 0.557. The highest BCUT2D eigenvalue weighted by Gasteiger charge is 2.57. The second-order valence-corrected chi connectivity index (χ2v) is 17.0. The van der Waals surface area contributed by atoms with E-state index in [1.807, 2.05) is 72.8 Å². The molecule has 2 nitrogen and oxygen atoms in total. The van der Waals surface area contributed by atoms with Crippen molar-refractivity contribution >= 4 is 37.6 Å². The van der Waals surface area contributed by atoms with Crippen molar-refractivity contribution in [3.8, 4) is 0 Å². The van der Waals surface area contributed by atoms with E-state index in [4.69, 9.17) is 11.6 Å². The normalized spacial score (nSPS) is 21.7. The molecule has 154 valence electrons. The van der Waals surface area contributed by atoms with E-state index in [0.29, 0.717) is 0 Å². The van der Waals surface area contributed by atoms with Crippen LogP contribution in [0.3, 0.4) is 0 Å². The number of hydrogen-bond donors (Lipinski definition) is 0. The van der Waals surface area contributed by atoms with E-state index < -0.39 is 15.4 Å². The molecule has 0 bridgehead atoms. The Balaban J connectivity index is 1.84. The molecule has 1 unspecified atom stereocenters. The van der Waals surface area contributed by atoms with Crippen LogP contribution in [0.15, 0.2) is 96.7 Å². The Morgan fingerprint density at radius 2 is 1.33 bits per heavy atom. The largest absolute Gasteiger partial charge is 0.296 e. The zero-order chi connectivity index (χ0) is 21.4. The monoisotopic (exact) mass is 451 g/mol. The van der Waals surface area contributed by atoms with Gasteiger partial charge in [0.1, 0.15) is 0 Å². The Hall–Kier alpha value is -1.90. The summed E-state index contributed by atoms with van der Waals surface area (Å²) in [5, 5.41) is 2.47. The lowest BCUT2D eigenvalue weighted by Crippen LogP contribution is -2.22. The standard InChI is InChI=1S/C25H27ClNOPSi/c1-30(2,3)19-18-24-25(20-14-16-21(26)17-15-20)27(24)29(28,22-10-6-4-7-11-22)23-12-8-5-9-13-23/h4-19,24-25H,1-3H3/b19-18+/t24-,25-,27?/m0/s1. The molecule has 0 aliphatic carbocycles. The highest BCUT2D eigenvalue weighted by Crippen LogP contribution is 2.64. The number of hydrogen-bond acceptors (Lipinski definition) is 1. The molecule has 0 N–H and O–H groups in total. The minimum absolute atomic E-state index is 0.0705. The Labute approximate surface area is 185 Å². The first-order valence-corrected chi connectivity index (χ1v) is 15.9. The molecule has 1 fully saturated rings. The second-order valence-electron chi connectivity index (χ2n) is 8.84. The summed E-state index contributed by atoms with van der Waals surface area (Å²) in [4.78, 5) is 0. The predicted molar refractivity (Wildman–Crippen MR) is 132 cm³/mol. The molecule has 0 amide bonds. The van der Waals surface area contributed by atoms with E-state index in [2.05, 4.69) is 48.2 Å². The average Bonchev–Trinajstić information content (AvgIpc) is 3.48. The van der Waals surface area contributed by atoms with Gasteiger partial charge in [-0.2, -0.15) is 0 Å². The van der Waals surface area contributed by atoms with E-state index in [1.54, 1.807) is 0 Å². The minimum atomic E-state index is -2.99. The summed E-state index contributed by atoms with van der Waals surface area (Å²) in [5.74, 6) is 0. The summed E-state index contributed by atoms with van der Waals surface area (Å²) in [6.07, 6.45) is 2.28. The third-order valence-electron chi connectivity index (χ3n) is 5.37. The summed E-state index contributed by atoms with van der Waals surface area (Å²) in [7, 11) is -4.38. The summed E-state index contributed by atoms with van der Waals surface area (Å²) in [6, 6.07) is 27.9. The fourth-order valence-electron chi connectivity index (χ4n) is 3.87. The fraction of sp³-hybridized carbons (Fsp3) is 0.200. The molecule has 3 aromatic rings. The lowest BCUT2D eigenvalue weighted by atomic mass is 10.1. The molecule has 1 aliphatic rings. The van der Waals surface area contributed by atoms with E-state index in [1.165, 1.54) is 0 Å². The molecule has 3 aromatic carbocycles. The maximum Gasteiger partial charge on any atom is 0.208 e. The number of halogens is 1. The van der Waals surface area contributed by atoms with Gasteiger partial charge in [-0.15, -0.1) is 0 Å². The average molecular weight is 452 g/mol. The Kier molecular flexibility index (Phi) is 5.92. The van der Waals surface area contributed by atoms with Crippen LogP contribution in [0.2, 0.25) is 24.7 Å². The van der Waals surface area contributed by atoms with E-state index in [9.17, 15) is 4.57 Å². The number of rotatable bonds is 6. The molecular formula is C25H27ClNOPSi. The van der Waals surface area contributed by atoms with Gasteiger partial charge in [0.05, 0.1) is 20.2 Å². The van der Waals surface area contributed by atoms with Crippen molar-refractivity contribution in [1.82, 2.24) is 4.67 Å². The molecule has 30 heavy (non-hydrogen) atoms. The third-order valence-corrected chi connectivity index (χ3v) is 9.97. The Bertz CT molecular complexity index is 1030. The van der Waals surface area contributed by atoms with Gasteiger partial charge >= 0.3 is 0 Å². The summed E-state index contributed by atoms with van der Waals surface area (Å²) in [5.41, 5.74) is 3.51. The maximum absolute atomic E-state index is 14.8. The van der Waals surface area contributed by atoms with E-state index in [0.717, 1.165) is 21.2 Å². The molecule has 5 heteroatoms. The van der Waals surface area contributed by atoms with Crippen LogP contribution in [0.25, 0.3) is 0 Å². The molecule has 0 aromatic heterocycles. The highest BCUT2D eigenvalue weighted by molar-refractivity contribution is 7.76. The lowest BCUT2D eigenvalue weighted by Gasteiger charge is -2.22. The molecule has 1 aliphatic heterocycles. The molecular weight excluding hydrogens is 425 g/mol. The van der Waals surface area contributed by atoms with Crippen LogP contribution in [0.1, 0.15) is 11.6 Å². The van der Waals surface area contributed by atoms with Crippen LogP contribution >= 0.6 is 18.9 Å². The van der Waals surface area contributed by atoms with Crippen molar-refractivity contribution in [1.29, 1.82) is 0 Å². The van der Waals surface area contributed by atoms with Gasteiger partial charge < -0.3 is 0 Å². The van der Waals surface area contributed by atoms with Gasteiger partial charge in [-0.05, 0) is 42.0 Å². The van der Waals surface area contributed by atoms with Crippen LogP contribution in [0, 0.1) is 0 Å². The van der Waals surface area contributed by atoms with Crippen molar-refractivity contribution < 1.29 is 4.57 Å². The fourth-order valence-corrected chi connectivity index (χ4v) is 7.89.